The van der Waals surface area contributed by atoms with E-state index in [0.29, 0.717) is 25.3 Å². The second kappa shape index (κ2) is 8.49. The van der Waals surface area contributed by atoms with Gasteiger partial charge in [-0.15, -0.1) is 0 Å². The van der Waals surface area contributed by atoms with Gasteiger partial charge in [-0.1, -0.05) is 18.9 Å². The van der Waals surface area contributed by atoms with Crippen LogP contribution in [0.4, 0.5) is 0 Å². The number of ether oxygens (including phenoxy) is 2. The number of nitrogens with zero attached hydrogens (tertiary/aromatic N) is 1. The van der Waals surface area contributed by atoms with Gasteiger partial charge < -0.3 is 14.4 Å². The highest BCUT2D eigenvalue weighted by atomic mass is 32.2. The van der Waals surface area contributed by atoms with E-state index in [1.807, 2.05) is 0 Å². The summed E-state index contributed by atoms with van der Waals surface area (Å²) >= 11 is 0. The van der Waals surface area contributed by atoms with E-state index in [2.05, 4.69) is 4.72 Å². The summed E-state index contributed by atoms with van der Waals surface area (Å²) in [5.41, 5.74) is 0.388. The van der Waals surface area contributed by atoms with Crippen molar-refractivity contribution in [2.75, 3.05) is 19.8 Å². The van der Waals surface area contributed by atoms with E-state index in [1.54, 1.807) is 23.1 Å². The van der Waals surface area contributed by atoms with Crippen molar-refractivity contribution < 1.29 is 22.7 Å². The van der Waals surface area contributed by atoms with Crippen molar-refractivity contribution in [3.8, 4) is 0 Å². The zero-order valence-corrected chi connectivity index (χ0v) is 16.8. The number of likely N-dealkylation sites (tertiary alicyclic amines) is 1. The van der Waals surface area contributed by atoms with E-state index in [9.17, 15) is 13.2 Å². The molecule has 2 aliphatic heterocycles. The van der Waals surface area contributed by atoms with Crippen LogP contribution in [0, 0.1) is 0 Å². The minimum absolute atomic E-state index is 0.00695. The molecule has 3 fully saturated rings. The van der Waals surface area contributed by atoms with Gasteiger partial charge in [0.05, 0.1) is 24.2 Å². The third-order valence-electron chi connectivity index (χ3n) is 5.84. The van der Waals surface area contributed by atoms with E-state index in [4.69, 9.17) is 9.47 Å². The van der Waals surface area contributed by atoms with Gasteiger partial charge in [-0.25, -0.2) is 13.1 Å². The van der Waals surface area contributed by atoms with Crippen LogP contribution in [0.3, 0.4) is 0 Å². The Kier molecular flexibility index (Phi) is 6.01. The van der Waals surface area contributed by atoms with Crippen molar-refractivity contribution in [3.05, 3.63) is 29.8 Å². The summed E-state index contributed by atoms with van der Waals surface area (Å²) in [6.45, 7) is 1.72. The average Bonchev–Trinajstić information content (AvgIpc) is 3.41. The quantitative estimate of drug-likeness (QED) is 0.808. The molecule has 0 radical (unpaired) electrons. The van der Waals surface area contributed by atoms with E-state index in [0.717, 1.165) is 44.9 Å². The smallest absolute Gasteiger partial charge is 0.254 e. The fourth-order valence-electron chi connectivity index (χ4n) is 4.38. The van der Waals surface area contributed by atoms with Gasteiger partial charge >= 0.3 is 0 Å². The Morgan fingerprint density at radius 1 is 1.04 bits per heavy atom. The molecule has 4 rings (SSSR count). The summed E-state index contributed by atoms with van der Waals surface area (Å²) in [6.07, 6.45) is 6.23. The van der Waals surface area contributed by atoms with Crippen molar-refractivity contribution in [1.82, 2.24) is 9.62 Å². The van der Waals surface area contributed by atoms with Crippen LogP contribution in [-0.2, 0) is 19.5 Å². The Morgan fingerprint density at radius 2 is 1.75 bits per heavy atom. The molecule has 1 saturated carbocycles. The summed E-state index contributed by atoms with van der Waals surface area (Å²) in [5, 5.41) is 0. The molecule has 1 unspecified atom stereocenters. The van der Waals surface area contributed by atoms with E-state index in [-0.39, 0.29) is 29.2 Å². The lowest BCUT2D eigenvalue weighted by Crippen LogP contribution is -2.50. The molecule has 28 heavy (non-hydrogen) atoms. The third kappa shape index (κ3) is 4.25. The lowest BCUT2D eigenvalue weighted by molar-refractivity contribution is -0.100. The van der Waals surface area contributed by atoms with E-state index in [1.165, 1.54) is 6.07 Å². The first-order valence-electron chi connectivity index (χ1n) is 10.2. The minimum Gasteiger partial charge on any atom is -0.348 e. The predicted molar refractivity (Wildman–Crippen MR) is 103 cm³/mol. The Hall–Kier alpha value is -1.48. The molecule has 3 aliphatic rings. The largest absolute Gasteiger partial charge is 0.348 e. The maximum absolute atomic E-state index is 13.2. The standard InChI is InChI=1S/C20H28N2O5S/c23-19(22-11-4-3-10-18(22)20-26-12-13-27-20)15-6-5-9-17(14-15)28(24,25)21-16-7-1-2-8-16/h5-6,9,14,16,18,20-21H,1-4,7-8,10-13H2. The van der Waals surface area contributed by atoms with Crippen LogP contribution in [0.2, 0.25) is 0 Å². The van der Waals surface area contributed by atoms with Crippen LogP contribution in [0.15, 0.2) is 29.2 Å². The van der Waals surface area contributed by atoms with Crippen LogP contribution in [0.25, 0.3) is 0 Å². The SMILES string of the molecule is O=C(c1cccc(S(=O)(=O)NC2CCCC2)c1)N1CCCCC1C1OCCO1. The van der Waals surface area contributed by atoms with Gasteiger partial charge in [-0.05, 0) is 50.3 Å². The van der Waals surface area contributed by atoms with Gasteiger partial charge in [0.25, 0.3) is 5.91 Å². The number of carbonyl (C=O) groups excluding carboxylic acids is 1. The molecule has 1 amide bonds. The normalized spacial score (nSPS) is 24.7. The molecular weight excluding hydrogens is 380 g/mol. The number of sulfonamides is 1. The molecule has 1 N–H and O–H groups in total. The van der Waals surface area contributed by atoms with Crippen molar-refractivity contribution in [2.24, 2.45) is 0 Å². The summed E-state index contributed by atoms with van der Waals surface area (Å²) in [5.74, 6) is -0.165. The highest BCUT2D eigenvalue weighted by molar-refractivity contribution is 7.89. The number of nitrogens with one attached hydrogen (secondary N) is 1. The van der Waals surface area contributed by atoms with Crippen molar-refractivity contribution in [2.45, 2.75) is 68.2 Å². The van der Waals surface area contributed by atoms with Gasteiger partial charge in [0, 0.05) is 18.2 Å². The van der Waals surface area contributed by atoms with Gasteiger partial charge in [0.1, 0.15) is 0 Å². The first-order valence-corrected chi connectivity index (χ1v) is 11.7. The summed E-state index contributed by atoms with van der Waals surface area (Å²) in [7, 11) is -3.63. The topological polar surface area (TPSA) is 84.9 Å². The second-order valence-electron chi connectivity index (χ2n) is 7.80. The fraction of sp³-hybridized carbons (Fsp3) is 0.650. The second-order valence-corrected chi connectivity index (χ2v) is 9.52. The first kappa shape index (κ1) is 19.8. The van der Waals surface area contributed by atoms with Crippen LogP contribution in [0.5, 0.6) is 0 Å². The number of piperidine rings is 1. The van der Waals surface area contributed by atoms with Crippen molar-refractivity contribution in [1.29, 1.82) is 0 Å². The molecule has 1 aromatic rings. The summed E-state index contributed by atoms with van der Waals surface area (Å²) in [4.78, 5) is 15.1. The maximum atomic E-state index is 13.2. The molecular formula is C20H28N2O5S. The van der Waals surface area contributed by atoms with Crippen molar-refractivity contribution >= 4 is 15.9 Å². The summed E-state index contributed by atoms with van der Waals surface area (Å²) in [6, 6.07) is 6.22. The molecule has 1 atom stereocenters. The number of carbonyl (C=O) groups is 1. The minimum atomic E-state index is -3.63. The lowest BCUT2D eigenvalue weighted by atomic mass is 10.00. The van der Waals surface area contributed by atoms with Crippen LogP contribution in [0.1, 0.15) is 55.3 Å². The molecule has 1 aromatic carbocycles. The monoisotopic (exact) mass is 408 g/mol. The Labute approximate surface area is 166 Å². The van der Waals surface area contributed by atoms with Gasteiger partial charge in [-0.2, -0.15) is 0 Å². The zero-order valence-electron chi connectivity index (χ0n) is 16.0. The third-order valence-corrected chi connectivity index (χ3v) is 7.36. The van der Waals surface area contributed by atoms with Gasteiger partial charge in [-0.3, -0.25) is 4.79 Å². The molecule has 7 nitrogen and oxygen atoms in total. The number of hydrogen-bond acceptors (Lipinski definition) is 5. The van der Waals surface area contributed by atoms with Crippen LogP contribution < -0.4 is 4.72 Å². The first-order chi connectivity index (χ1) is 13.5. The van der Waals surface area contributed by atoms with Crippen LogP contribution in [-0.4, -0.2) is 57.4 Å². The fourth-order valence-corrected chi connectivity index (χ4v) is 5.73. The van der Waals surface area contributed by atoms with Gasteiger partial charge in [0.15, 0.2) is 6.29 Å². The van der Waals surface area contributed by atoms with E-state index >= 15 is 0 Å². The molecule has 0 aromatic heterocycles. The molecule has 2 saturated heterocycles. The molecule has 1 aliphatic carbocycles. The highest BCUT2D eigenvalue weighted by Gasteiger charge is 2.36. The Balaban J connectivity index is 1.53. The summed E-state index contributed by atoms with van der Waals surface area (Å²) < 4.78 is 39.5. The zero-order chi connectivity index (χ0) is 19.6. The molecule has 0 bridgehead atoms. The number of hydrogen-bond donors (Lipinski definition) is 1. The Morgan fingerprint density at radius 3 is 2.50 bits per heavy atom. The van der Waals surface area contributed by atoms with Crippen molar-refractivity contribution in [3.63, 3.8) is 0 Å². The lowest BCUT2D eigenvalue weighted by Gasteiger charge is -2.38. The molecule has 8 heteroatoms. The molecule has 2 heterocycles. The van der Waals surface area contributed by atoms with E-state index < -0.39 is 10.0 Å². The maximum Gasteiger partial charge on any atom is 0.254 e. The molecule has 0 spiro atoms. The highest BCUT2D eigenvalue weighted by Crippen LogP contribution is 2.27. The predicted octanol–water partition coefficient (Wildman–Crippen LogP) is 2.28. The van der Waals surface area contributed by atoms with Crippen LogP contribution >= 0.6 is 0 Å². The van der Waals surface area contributed by atoms with Gasteiger partial charge in [0.2, 0.25) is 10.0 Å². The number of benzene rings is 1. The number of rotatable bonds is 5. The number of amides is 1. The molecule has 154 valence electrons. The Bertz CT molecular complexity index is 801. The average molecular weight is 409 g/mol.